The van der Waals surface area contributed by atoms with Gasteiger partial charge in [0.15, 0.2) is 5.82 Å². The molecule has 1 saturated heterocycles. The van der Waals surface area contributed by atoms with E-state index in [1.165, 1.54) is 11.1 Å². The fourth-order valence-electron chi connectivity index (χ4n) is 3.37. The molecule has 1 aliphatic rings. The smallest absolute Gasteiger partial charge is 0.156 e. The summed E-state index contributed by atoms with van der Waals surface area (Å²) >= 11 is 0. The number of aryl methyl sites for hydroxylation is 1. The number of likely N-dealkylation sites (N-methyl/N-ethyl adjacent to an activating group) is 1. The number of anilines is 1. The van der Waals surface area contributed by atoms with Crippen LogP contribution < -0.4 is 10.6 Å². The summed E-state index contributed by atoms with van der Waals surface area (Å²) in [6.07, 6.45) is 1.90. The van der Waals surface area contributed by atoms with Crippen LogP contribution >= 0.6 is 0 Å². The van der Waals surface area contributed by atoms with Crippen molar-refractivity contribution in [2.75, 3.05) is 31.1 Å². The van der Waals surface area contributed by atoms with E-state index in [-0.39, 0.29) is 0 Å². The minimum atomic E-state index is 0.545. The third kappa shape index (κ3) is 3.19. The molecule has 5 nitrogen and oxygen atoms in total. The van der Waals surface area contributed by atoms with Crippen molar-refractivity contribution in [1.29, 1.82) is 0 Å². The first-order chi connectivity index (χ1) is 10.2. The van der Waals surface area contributed by atoms with Crippen molar-refractivity contribution >= 4 is 5.82 Å². The molecular weight excluding hydrogens is 262 g/mol. The van der Waals surface area contributed by atoms with Gasteiger partial charge in [-0.05, 0) is 31.9 Å². The fraction of sp³-hybridized carbons (Fsp3) is 0.750. The van der Waals surface area contributed by atoms with Crippen LogP contribution in [0.1, 0.15) is 44.5 Å². The van der Waals surface area contributed by atoms with Crippen LogP contribution in [-0.4, -0.2) is 47.3 Å². The topological polar surface area (TPSA) is 58.3 Å². The van der Waals surface area contributed by atoms with Crippen LogP contribution in [0.25, 0.3) is 0 Å². The monoisotopic (exact) mass is 291 g/mol. The Balaban J connectivity index is 2.32. The first-order valence-electron chi connectivity index (χ1n) is 8.22. The van der Waals surface area contributed by atoms with Crippen molar-refractivity contribution in [1.82, 2.24) is 15.1 Å². The molecule has 0 aromatic carbocycles. The van der Waals surface area contributed by atoms with E-state index in [9.17, 15) is 0 Å². The average molecular weight is 291 g/mol. The molecule has 1 atom stereocenters. The predicted molar refractivity (Wildman–Crippen MR) is 87.6 cm³/mol. The Morgan fingerprint density at radius 1 is 1.10 bits per heavy atom. The molecule has 2 heterocycles. The van der Waals surface area contributed by atoms with Crippen molar-refractivity contribution in [2.24, 2.45) is 5.73 Å². The van der Waals surface area contributed by atoms with Gasteiger partial charge in [0, 0.05) is 37.8 Å². The van der Waals surface area contributed by atoms with Gasteiger partial charge in [-0.1, -0.05) is 20.8 Å². The molecule has 0 bridgehead atoms. The molecule has 2 rings (SSSR count). The number of hydrogen-bond donors (Lipinski definition) is 1. The minimum Gasteiger partial charge on any atom is -0.352 e. The number of rotatable bonds is 5. The zero-order chi connectivity index (χ0) is 15.4. The quantitative estimate of drug-likeness (QED) is 0.893. The molecule has 0 aliphatic carbocycles. The Kier molecular flexibility index (Phi) is 5.53. The third-order valence-corrected chi connectivity index (χ3v) is 4.61. The highest BCUT2D eigenvalue weighted by atomic mass is 15.3. The van der Waals surface area contributed by atoms with Gasteiger partial charge in [0.05, 0.1) is 5.69 Å². The summed E-state index contributed by atoms with van der Waals surface area (Å²) in [5, 5.41) is 8.97. The summed E-state index contributed by atoms with van der Waals surface area (Å²) < 4.78 is 0. The number of nitrogens with two attached hydrogens (primary N) is 1. The number of hydrogen-bond acceptors (Lipinski definition) is 5. The van der Waals surface area contributed by atoms with Crippen LogP contribution in [0.2, 0.25) is 0 Å². The Morgan fingerprint density at radius 3 is 2.38 bits per heavy atom. The van der Waals surface area contributed by atoms with E-state index >= 15 is 0 Å². The molecule has 1 unspecified atom stereocenters. The number of nitrogens with zero attached hydrogens (tertiary/aromatic N) is 4. The van der Waals surface area contributed by atoms with E-state index in [1.54, 1.807) is 0 Å². The summed E-state index contributed by atoms with van der Waals surface area (Å²) in [5.74, 6) is 1.01. The van der Waals surface area contributed by atoms with E-state index in [0.29, 0.717) is 12.6 Å². The van der Waals surface area contributed by atoms with Gasteiger partial charge in [0.1, 0.15) is 0 Å². The van der Waals surface area contributed by atoms with Gasteiger partial charge in [0.25, 0.3) is 0 Å². The van der Waals surface area contributed by atoms with Crippen LogP contribution in [0.15, 0.2) is 0 Å². The Labute approximate surface area is 128 Å². The van der Waals surface area contributed by atoms with Crippen LogP contribution in [0, 0.1) is 0 Å². The molecule has 1 aromatic heterocycles. The number of aromatic nitrogens is 2. The highest BCUT2D eigenvalue weighted by Crippen LogP contribution is 2.25. The molecule has 0 spiro atoms. The molecule has 1 aliphatic heterocycles. The normalized spacial score (nSPS) is 20.0. The van der Waals surface area contributed by atoms with E-state index in [4.69, 9.17) is 5.73 Å². The summed E-state index contributed by atoms with van der Waals surface area (Å²) in [6.45, 7) is 13.6. The van der Waals surface area contributed by atoms with E-state index in [0.717, 1.165) is 50.5 Å². The second-order valence-corrected chi connectivity index (χ2v) is 5.76. The Bertz CT molecular complexity index is 474. The molecule has 0 saturated carbocycles. The van der Waals surface area contributed by atoms with Crippen molar-refractivity contribution < 1.29 is 0 Å². The molecule has 5 heteroatoms. The second kappa shape index (κ2) is 7.18. The number of piperazine rings is 1. The predicted octanol–water partition coefficient (Wildman–Crippen LogP) is 1.59. The molecule has 1 aromatic rings. The standard InChI is InChI=1S/C16H29N5/c1-5-13-14(10-17)16(19-18-15(13)6-2)21-9-8-20(7-3)12(4)11-21/h12H,5-11,17H2,1-4H3. The van der Waals surface area contributed by atoms with Gasteiger partial charge in [-0.15, -0.1) is 5.10 Å². The van der Waals surface area contributed by atoms with Crippen LogP contribution in [0.4, 0.5) is 5.82 Å². The molecule has 1 fully saturated rings. The minimum absolute atomic E-state index is 0.545. The first kappa shape index (κ1) is 16.2. The second-order valence-electron chi connectivity index (χ2n) is 5.76. The molecule has 118 valence electrons. The highest BCUT2D eigenvalue weighted by molar-refractivity contribution is 5.52. The first-order valence-corrected chi connectivity index (χ1v) is 8.22. The lowest BCUT2D eigenvalue weighted by molar-refractivity contribution is 0.199. The van der Waals surface area contributed by atoms with Crippen LogP contribution in [-0.2, 0) is 19.4 Å². The van der Waals surface area contributed by atoms with E-state index in [2.05, 4.69) is 47.7 Å². The van der Waals surface area contributed by atoms with Crippen molar-refractivity contribution in [3.05, 3.63) is 16.8 Å². The van der Waals surface area contributed by atoms with Crippen LogP contribution in [0.3, 0.4) is 0 Å². The lowest BCUT2D eigenvalue weighted by Crippen LogP contribution is -2.52. The maximum atomic E-state index is 6.04. The molecule has 21 heavy (non-hydrogen) atoms. The zero-order valence-corrected chi connectivity index (χ0v) is 13.9. The van der Waals surface area contributed by atoms with E-state index in [1.807, 2.05) is 0 Å². The summed E-state index contributed by atoms with van der Waals surface area (Å²) in [7, 11) is 0. The molecule has 0 amide bonds. The third-order valence-electron chi connectivity index (χ3n) is 4.61. The van der Waals surface area contributed by atoms with Crippen molar-refractivity contribution in [2.45, 2.75) is 53.1 Å². The lowest BCUT2D eigenvalue weighted by Gasteiger charge is -2.40. The van der Waals surface area contributed by atoms with Crippen molar-refractivity contribution in [3.8, 4) is 0 Å². The largest absolute Gasteiger partial charge is 0.352 e. The van der Waals surface area contributed by atoms with E-state index < -0.39 is 0 Å². The summed E-state index contributed by atoms with van der Waals surface area (Å²) in [6, 6.07) is 0.548. The maximum absolute atomic E-state index is 6.04. The molecule has 0 radical (unpaired) electrons. The van der Waals surface area contributed by atoms with Gasteiger partial charge in [-0.3, -0.25) is 4.90 Å². The summed E-state index contributed by atoms with van der Waals surface area (Å²) in [4.78, 5) is 4.87. The average Bonchev–Trinajstić information content (AvgIpc) is 2.52. The van der Waals surface area contributed by atoms with Gasteiger partial charge >= 0.3 is 0 Å². The molecule has 2 N–H and O–H groups in total. The Hall–Kier alpha value is -1.20. The maximum Gasteiger partial charge on any atom is 0.156 e. The SMILES string of the molecule is CCc1nnc(N2CCN(CC)C(C)C2)c(CN)c1CC. The van der Waals surface area contributed by atoms with Gasteiger partial charge < -0.3 is 10.6 Å². The van der Waals surface area contributed by atoms with Gasteiger partial charge in [-0.2, -0.15) is 5.10 Å². The lowest BCUT2D eigenvalue weighted by atomic mass is 10.0. The zero-order valence-electron chi connectivity index (χ0n) is 13.9. The van der Waals surface area contributed by atoms with Crippen molar-refractivity contribution in [3.63, 3.8) is 0 Å². The fourth-order valence-corrected chi connectivity index (χ4v) is 3.37. The van der Waals surface area contributed by atoms with Gasteiger partial charge in [0.2, 0.25) is 0 Å². The Morgan fingerprint density at radius 2 is 1.86 bits per heavy atom. The highest BCUT2D eigenvalue weighted by Gasteiger charge is 2.26. The van der Waals surface area contributed by atoms with Gasteiger partial charge in [-0.25, -0.2) is 0 Å². The summed E-state index contributed by atoms with van der Waals surface area (Å²) in [5.41, 5.74) is 9.64. The van der Waals surface area contributed by atoms with Crippen LogP contribution in [0.5, 0.6) is 0 Å². The molecular formula is C16H29N5.